The Bertz CT molecular complexity index is 3360. The molecule has 4 rings (SSSR count). The SMILES string of the molecule is C=CCOC(=O)COCCOCCOCCN(CCOCCOCCOCC(=O)OCC=C)C(=O)COCCOCCOCCOCC(=O)N(CCOCCOCCOCC(=O)O)CCOCCOCCOCC(=O)OCC(C)(C)C.[2H]B([3H])SOCC(N)C(=O)NC(C)C(=O)NC1CCCN(C(=N)NC(=O)OCC2c3ccccc3-c3ccccc32)C1O[3H].[2H]B=S.[Fm]. The quantitative estimate of drug-likeness (QED) is 0.00691. The molecule has 2 aromatic carbocycles. The predicted octanol–water partition coefficient (Wildman–Crippen LogP) is 0.445. The second-order valence-electron chi connectivity index (χ2n) is 27.6. The van der Waals surface area contributed by atoms with Gasteiger partial charge in [0.15, 0.2) is 0 Å². The molecule has 2 aromatic rings. The molecule has 125 heavy (non-hydrogen) atoms. The fraction of sp³-hybridized carbons (Fsp3) is 0.675. The molecule has 0 spiro atoms. The molecular formula is C80H130B2FmN8O32S2. The molecule has 0 radical (unpaired) electrons. The number of nitrogens with zero attached hydrogens (tertiary/aromatic N) is 3. The predicted molar refractivity (Wildman–Crippen MR) is 459 cm³/mol. The molecule has 1 fully saturated rings. The van der Waals surface area contributed by atoms with Crippen LogP contribution in [-0.4, -0.2) is 405 Å². The topological polar surface area (TPSA) is 484 Å². The summed E-state index contributed by atoms with van der Waals surface area (Å²) < 4.78 is 140. The van der Waals surface area contributed by atoms with Crippen molar-refractivity contribution in [3.8, 4) is 11.1 Å². The fourth-order valence-electron chi connectivity index (χ4n) is 10.6. The first kappa shape index (κ1) is 107. The van der Waals surface area contributed by atoms with Crippen molar-refractivity contribution in [3.63, 3.8) is 0 Å². The number of benzene rings is 2. The van der Waals surface area contributed by atoms with Crippen molar-refractivity contribution in [3.05, 3.63) is 85.0 Å². The average Bonchev–Trinajstić information content (AvgIpc) is 1.61. The number of guanidine groups is 1. The number of nitrogens with one attached hydrogen (secondary N) is 4. The van der Waals surface area contributed by atoms with Crippen LogP contribution in [0.3, 0.4) is 0 Å². The van der Waals surface area contributed by atoms with Crippen LogP contribution in [0, 0.1) is 10.8 Å². The Morgan fingerprint density at radius 1 is 0.616 bits per heavy atom. The maximum absolute atomic E-state index is 13.1. The van der Waals surface area contributed by atoms with Gasteiger partial charge in [-0.25, -0.2) is 24.0 Å². The summed E-state index contributed by atoms with van der Waals surface area (Å²) in [5, 5.41) is 29.6. The number of hydrogen-bond donors (Lipinski definition) is 7. The van der Waals surface area contributed by atoms with E-state index in [2.05, 4.69) is 41.2 Å². The maximum atomic E-state index is 13.1. The van der Waals surface area contributed by atoms with Gasteiger partial charge in [0.1, 0.15) is 77.8 Å². The molecule has 5 amide bonds. The number of ether oxygens (including phenoxy) is 20. The number of likely N-dealkylation sites (tertiary alicyclic amines) is 1. The standard InChI is InChI=1S/C53H94N2O26.C27H35BN6O6S.BHS.Fm/c1-6-12-79-50(60)43-76-37-31-68-23-19-64-15-9-55(10-16-65-20-24-69-32-38-77-44-51(61)80-13-7-2)48(57)41-74-35-29-72-27-26-71-28-34-73-40-47(56)54(8-14-63-18-22-67-30-36-75-42-49(58)59)11-17-66-21-25-70-33-39-78-45-52(62)81-46-53(3,4)5;1-15(31-24(36)21(29)14-40-41-28)23(35)32-22-11-6-12-34(25(22)37)26(30)33-27(38)39-13-20-18-9-4-2-7-16(18)17-8-3-5-10-19(17)20;1-2;/h6-7H,1-2,8-46H2,3-5H3,(H,58,59);2-5,7-10,15,20-22,25,37H,6,11-14,28-29H2,1H3,(H,31,36)(H,32,35)(H2,30,33,38);1H;/i;28TD,37T;1D;. The number of aliphatic hydroxyl groups is 1. The third-order valence-corrected chi connectivity index (χ3v) is 17.0. The third kappa shape index (κ3) is 56.9. The number of aliphatic carboxylic acids is 1. The van der Waals surface area contributed by atoms with Crippen LogP contribution in [0.2, 0.25) is 0 Å². The largest absolute Gasteiger partial charge is 0 e. The van der Waals surface area contributed by atoms with Crippen LogP contribution in [0.4, 0.5) is 4.79 Å². The summed E-state index contributed by atoms with van der Waals surface area (Å²) in [5.41, 5.74) is 9.91. The van der Waals surface area contributed by atoms with Crippen molar-refractivity contribution in [1.29, 1.82) is 10.8 Å². The van der Waals surface area contributed by atoms with Crippen molar-refractivity contribution in [1.82, 2.24) is 30.7 Å². The molecule has 712 valence electrons. The monoisotopic (exact) mass is 2060 g/mol. The number of rotatable bonds is 73. The Balaban J connectivity index is 0.00000144. The Labute approximate surface area is 743 Å². The van der Waals surface area contributed by atoms with Gasteiger partial charge in [-0.2, -0.15) is 0 Å². The van der Waals surface area contributed by atoms with Gasteiger partial charge in [0, 0.05) is 38.6 Å². The van der Waals surface area contributed by atoms with Gasteiger partial charge in [-0.3, -0.25) is 29.9 Å². The van der Waals surface area contributed by atoms with Gasteiger partial charge in [0.05, 0.1) is 191 Å². The van der Waals surface area contributed by atoms with E-state index in [1.165, 1.54) is 24.0 Å². The Morgan fingerprint density at radius 2 is 0.984 bits per heavy atom. The van der Waals surface area contributed by atoms with Crippen LogP contribution in [0.5, 0.6) is 0 Å². The van der Waals surface area contributed by atoms with Gasteiger partial charge < -0.3 is 140 Å². The number of hydrogen-bond acceptors (Lipinski definition) is 35. The Kier molecular flexibility index (Phi) is 63.7. The van der Waals surface area contributed by atoms with Crippen molar-refractivity contribution in [2.24, 2.45) is 11.1 Å². The van der Waals surface area contributed by atoms with Gasteiger partial charge in [-0.1, -0.05) is 107 Å². The Morgan fingerprint density at radius 3 is 1.36 bits per heavy atom. The van der Waals surface area contributed by atoms with Crippen molar-refractivity contribution in [2.75, 3.05) is 277 Å². The molecule has 1 saturated heterocycles. The second kappa shape index (κ2) is 74.4. The van der Waals surface area contributed by atoms with E-state index in [9.17, 15) is 43.2 Å². The first-order valence-electron chi connectivity index (χ1n) is 42.5. The zero-order valence-corrected chi connectivity index (χ0v) is 76.0. The van der Waals surface area contributed by atoms with Crippen LogP contribution in [0.1, 0.15) is 57.6 Å². The molecule has 45 heteroatoms. The third-order valence-electron chi connectivity index (χ3n) is 16.7. The van der Waals surface area contributed by atoms with E-state index < -0.39 is 79.8 Å². The molecule has 1 aliphatic heterocycles. The van der Waals surface area contributed by atoms with Crippen LogP contribution in [0.15, 0.2) is 73.8 Å². The molecule has 4 atom stereocenters. The van der Waals surface area contributed by atoms with E-state index >= 15 is 0 Å². The number of fused-ring (bicyclic) bond motifs is 3. The maximum Gasteiger partial charge on any atom is 0 e. The van der Waals surface area contributed by atoms with E-state index in [1.807, 2.05) is 69.3 Å². The number of carboxylic acid groups (broad SMARTS) is 1. The van der Waals surface area contributed by atoms with E-state index in [0.29, 0.717) is 31.3 Å². The number of carbonyl (C=O) groups excluding carboxylic acids is 8. The second-order valence-corrected chi connectivity index (χ2v) is 28.0. The molecular weight excluding hydrogens is 1930 g/mol. The minimum absolute atomic E-state index is 0. The molecule has 4 unspecified atom stereocenters. The summed E-state index contributed by atoms with van der Waals surface area (Å²) in [4.78, 5) is 114. The van der Waals surface area contributed by atoms with E-state index in [4.69, 9.17) is 126 Å². The molecule has 2 aliphatic rings. The summed E-state index contributed by atoms with van der Waals surface area (Å²) in [6.45, 7) is 21.6. The fourth-order valence-corrected chi connectivity index (χ4v) is 10.9. The number of esters is 3. The summed E-state index contributed by atoms with van der Waals surface area (Å²) in [7, 11) is -1.28. The molecule has 0 saturated carbocycles. The van der Waals surface area contributed by atoms with E-state index in [1.54, 1.807) is 9.80 Å². The first-order valence-corrected chi connectivity index (χ1v) is 41.7. The molecule has 8 N–H and O–H groups in total. The van der Waals surface area contributed by atoms with E-state index in [-0.39, 0.29) is 293 Å². The summed E-state index contributed by atoms with van der Waals surface area (Å²) >= 11 is 4.48. The number of piperidine rings is 1. The number of amides is 5. The zero-order chi connectivity index (χ0) is 94.1. The van der Waals surface area contributed by atoms with Crippen molar-refractivity contribution < 1.29 is 152 Å². The smallest absolute Gasteiger partial charge is 0 e. The number of alkyl carbamates (subject to hydrolysis) is 1. The normalized spacial score (nSPS) is 14.1. The summed E-state index contributed by atoms with van der Waals surface area (Å²) in [6.07, 6.45) is 1.96. The molecule has 1 aliphatic carbocycles. The van der Waals surface area contributed by atoms with Crippen molar-refractivity contribution >= 4 is 97.2 Å². The number of nitrogens with two attached hydrogens (primary N) is 1. The minimum Gasteiger partial charge on any atom is 0 e. The van der Waals surface area contributed by atoms with Crippen molar-refractivity contribution in [2.45, 2.75) is 70.8 Å². The number of carbonyl (C=O) groups is 9. The number of aliphatic hydroxyl groups excluding tert-OH is 1. The van der Waals surface area contributed by atoms with Crippen LogP contribution in [0.25, 0.3) is 11.1 Å². The average molecular weight is 2060 g/mol. The number of carboxylic acids is 1. The molecule has 40 nitrogen and oxygen atoms in total. The van der Waals surface area contributed by atoms with Gasteiger partial charge >= 0.3 is 50.0 Å². The van der Waals surface area contributed by atoms with E-state index in [0.717, 1.165) is 28.9 Å². The first-order chi connectivity index (χ1) is 61.8. The van der Waals surface area contributed by atoms with Gasteiger partial charge in [0.25, 0.3) is 0 Å². The van der Waals surface area contributed by atoms with Crippen LogP contribution in [-0.2, 0) is 137 Å². The molecule has 0 aromatic heterocycles. The van der Waals surface area contributed by atoms with Gasteiger partial charge in [-0.15, -0.1) is 0 Å². The zero-order valence-electron chi connectivity index (χ0n) is 76.0. The summed E-state index contributed by atoms with van der Waals surface area (Å²) in [6, 6.07) is 13.0. The molecule has 1 heterocycles. The van der Waals surface area contributed by atoms with Crippen LogP contribution >= 0.6 is 23.9 Å². The van der Waals surface area contributed by atoms with Crippen LogP contribution < -0.4 is 21.7 Å². The Hall–Kier alpha value is -8.64. The van der Waals surface area contributed by atoms with Gasteiger partial charge in [-0.05, 0) is 50.1 Å². The van der Waals surface area contributed by atoms with Gasteiger partial charge in [0.2, 0.25) is 38.1 Å². The minimum atomic E-state index is -1.28. The molecule has 0 bridgehead atoms. The summed E-state index contributed by atoms with van der Waals surface area (Å²) in [5.74, 6) is -4.75.